The molecule has 4 unspecified atom stereocenters. The molecular formula is C41H54N2O6. The Morgan fingerprint density at radius 2 is 1.55 bits per heavy atom. The van der Waals surface area contributed by atoms with E-state index in [0.29, 0.717) is 35.5 Å². The Morgan fingerprint density at radius 3 is 2.24 bits per heavy atom. The van der Waals surface area contributed by atoms with Gasteiger partial charge in [0.15, 0.2) is 0 Å². The largest absolute Gasteiger partial charge is 0.481 e. The Labute approximate surface area is 290 Å². The van der Waals surface area contributed by atoms with E-state index < -0.39 is 12.1 Å². The number of carbonyl (C=O) groups excluding carboxylic acids is 2. The molecule has 49 heavy (non-hydrogen) atoms. The third-order valence-electron chi connectivity index (χ3n) is 14.4. The van der Waals surface area contributed by atoms with Crippen molar-refractivity contribution < 1.29 is 29.3 Å². The number of nitrogens with one attached hydrogen (secondary N) is 2. The molecule has 7 rings (SSSR count). The first-order chi connectivity index (χ1) is 23.5. The van der Waals surface area contributed by atoms with Crippen LogP contribution in [0, 0.1) is 46.3 Å². The molecule has 0 aliphatic heterocycles. The second-order valence-corrected chi connectivity index (χ2v) is 16.7. The lowest BCUT2D eigenvalue weighted by Gasteiger charge is -2.62. The summed E-state index contributed by atoms with van der Waals surface area (Å²) < 4.78 is 5.62. The SMILES string of the molecule is CC(CCC(=O)O)[C@H]1CCC2C3C(CC[C@@]21C)[C@@]1(C)CC[C@H](NC(=O)CNC(=O)OCC2c4ccccc4-c4ccccc42)C[C@H]1C[C@H]3O. The predicted molar refractivity (Wildman–Crippen MR) is 188 cm³/mol. The Morgan fingerprint density at radius 1 is 0.898 bits per heavy atom. The van der Waals surface area contributed by atoms with Crippen LogP contribution in [0.15, 0.2) is 48.5 Å². The first-order valence-corrected chi connectivity index (χ1v) is 18.8. The number of benzene rings is 2. The zero-order chi connectivity index (χ0) is 34.5. The maximum absolute atomic E-state index is 13.0. The minimum absolute atomic E-state index is 0.0263. The molecule has 0 bridgehead atoms. The summed E-state index contributed by atoms with van der Waals surface area (Å²) in [6.07, 6.45) is 8.11. The van der Waals surface area contributed by atoms with Crippen LogP contribution in [0.3, 0.4) is 0 Å². The highest BCUT2D eigenvalue weighted by Gasteiger charge is 2.63. The molecule has 8 nitrogen and oxygen atoms in total. The summed E-state index contributed by atoms with van der Waals surface area (Å²) in [5.74, 6) is 1.53. The topological polar surface area (TPSA) is 125 Å². The highest BCUT2D eigenvalue weighted by molar-refractivity contribution is 5.82. The van der Waals surface area contributed by atoms with E-state index >= 15 is 0 Å². The maximum Gasteiger partial charge on any atom is 0.407 e. The molecule has 4 N–H and O–H groups in total. The first-order valence-electron chi connectivity index (χ1n) is 18.8. The second kappa shape index (κ2) is 13.4. The quantitative estimate of drug-likeness (QED) is 0.225. The van der Waals surface area contributed by atoms with Crippen LogP contribution in [-0.4, -0.2) is 53.5 Å². The zero-order valence-corrected chi connectivity index (χ0v) is 29.3. The Kier molecular flexibility index (Phi) is 9.31. The molecule has 2 aromatic carbocycles. The highest BCUT2D eigenvalue weighted by atomic mass is 16.5. The van der Waals surface area contributed by atoms with Gasteiger partial charge < -0.3 is 25.6 Å². The van der Waals surface area contributed by atoms with Crippen LogP contribution in [0.2, 0.25) is 0 Å². The van der Waals surface area contributed by atoms with Crippen molar-refractivity contribution in [1.29, 1.82) is 0 Å². The molecule has 0 heterocycles. The van der Waals surface area contributed by atoms with E-state index in [9.17, 15) is 24.6 Å². The van der Waals surface area contributed by atoms with Crippen LogP contribution >= 0.6 is 0 Å². The fourth-order valence-electron chi connectivity index (χ4n) is 12.0. The van der Waals surface area contributed by atoms with Crippen LogP contribution < -0.4 is 10.6 Å². The van der Waals surface area contributed by atoms with Crippen molar-refractivity contribution in [3.8, 4) is 11.1 Å². The molecule has 10 atom stereocenters. The lowest BCUT2D eigenvalue weighted by molar-refractivity contribution is -0.167. The van der Waals surface area contributed by atoms with Gasteiger partial charge in [-0.05, 0) is 126 Å². The first kappa shape index (κ1) is 34.1. The predicted octanol–water partition coefficient (Wildman–Crippen LogP) is 7.14. The normalized spacial score (nSPS) is 35.1. The van der Waals surface area contributed by atoms with Crippen molar-refractivity contribution in [2.75, 3.05) is 13.2 Å². The van der Waals surface area contributed by atoms with Crippen LogP contribution in [-0.2, 0) is 14.3 Å². The van der Waals surface area contributed by atoms with E-state index in [1.807, 2.05) is 24.3 Å². The van der Waals surface area contributed by atoms with E-state index in [0.717, 1.165) is 68.9 Å². The number of carboxylic acids is 1. The van der Waals surface area contributed by atoms with E-state index in [-0.39, 0.29) is 54.4 Å². The van der Waals surface area contributed by atoms with Crippen LogP contribution in [0.25, 0.3) is 11.1 Å². The number of amides is 2. The van der Waals surface area contributed by atoms with Gasteiger partial charge in [-0.25, -0.2) is 4.79 Å². The average Bonchev–Trinajstić information content (AvgIpc) is 3.60. The second-order valence-electron chi connectivity index (χ2n) is 16.7. The summed E-state index contributed by atoms with van der Waals surface area (Å²) in [5, 5.41) is 26.9. The van der Waals surface area contributed by atoms with E-state index in [4.69, 9.17) is 4.74 Å². The lowest BCUT2D eigenvalue weighted by atomic mass is 9.43. The van der Waals surface area contributed by atoms with Gasteiger partial charge in [0.2, 0.25) is 5.91 Å². The van der Waals surface area contributed by atoms with Crippen LogP contribution in [0.5, 0.6) is 0 Å². The van der Waals surface area contributed by atoms with Gasteiger partial charge >= 0.3 is 12.1 Å². The third-order valence-corrected chi connectivity index (χ3v) is 14.4. The number of aliphatic hydroxyl groups is 1. The molecule has 8 heteroatoms. The molecular weight excluding hydrogens is 616 g/mol. The third kappa shape index (κ3) is 6.17. The summed E-state index contributed by atoms with van der Waals surface area (Å²) in [6.45, 7) is 7.20. The summed E-state index contributed by atoms with van der Waals surface area (Å²) in [5.41, 5.74) is 4.94. The van der Waals surface area contributed by atoms with E-state index in [1.54, 1.807) is 0 Å². The Balaban J connectivity index is 0.906. The Bertz CT molecular complexity index is 1530. The summed E-state index contributed by atoms with van der Waals surface area (Å²) >= 11 is 0. The number of aliphatic hydroxyl groups excluding tert-OH is 1. The average molecular weight is 671 g/mol. The number of hydrogen-bond donors (Lipinski definition) is 4. The zero-order valence-electron chi connectivity index (χ0n) is 29.3. The molecule has 4 fully saturated rings. The van der Waals surface area contributed by atoms with E-state index in [2.05, 4.69) is 55.7 Å². The Hall–Kier alpha value is -3.39. The molecule has 2 aromatic rings. The lowest BCUT2D eigenvalue weighted by Crippen LogP contribution is -2.59. The summed E-state index contributed by atoms with van der Waals surface area (Å²) in [6, 6.07) is 16.5. The number of alkyl carbamates (subject to hydrolysis) is 1. The van der Waals surface area contributed by atoms with Crippen molar-refractivity contribution in [2.45, 2.75) is 103 Å². The fourth-order valence-corrected chi connectivity index (χ4v) is 12.0. The molecule has 0 saturated heterocycles. The van der Waals surface area contributed by atoms with Crippen LogP contribution in [0.4, 0.5) is 4.79 Å². The van der Waals surface area contributed by atoms with Gasteiger partial charge in [0.25, 0.3) is 0 Å². The van der Waals surface area contributed by atoms with E-state index in [1.165, 1.54) is 11.1 Å². The molecule has 264 valence electrons. The molecule has 0 aromatic heterocycles. The minimum atomic E-state index is -0.712. The molecule has 5 aliphatic carbocycles. The maximum atomic E-state index is 13.0. The van der Waals surface area contributed by atoms with Gasteiger partial charge in [-0.2, -0.15) is 0 Å². The molecule has 4 saturated carbocycles. The number of hydrogen-bond acceptors (Lipinski definition) is 5. The van der Waals surface area contributed by atoms with Gasteiger partial charge in [0, 0.05) is 18.4 Å². The molecule has 0 spiro atoms. The fraction of sp³-hybridized carbons (Fsp3) is 0.634. The number of rotatable bonds is 9. The summed E-state index contributed by atoms with van der Waals surface area (Å²) in [7, 11) is 0. The molecule has 5 aliphatic rings. The van der Waals surface area contributed by atoms with Crippen molar-refractivity contribution in [3.63, 3.8) is 0 Å². The minimum Gasteiger partial charge on any atom is -0.481 e. The van der Waals surface area contributed by atoms with Crippen molar-refractivity contribution in [2.24, 2.45) is 46.3 Å². The van der Waals surface area contributed by atoms with Crippen LogP contribution in [0.1, 0.15) is 102 Å². The van der Waals surface area contributed by atoms with Gasteiger partial charge in [-0.15, -0.1) is 0 Å². The van der Waals surface area contributed by atoms with Gasteiger partial charge in [0.05, 0.1) is 6.10 Å². The monoisotopic (exact) mass is 670 g/mol. The molecule has 2 amide bonds. The highest BCUT2D eigenvalue weighted by Crippen LogP contribution is 2.68. The number of fused-ring (bicyclic) bond motifs is 8. The number of carboxylic acid groups (broad SMARTS) is 1. The van der Waals surface area contributed by atoms with Gasteiger partial charge in [-0.1, -0.05) is 69.3 Å². The van der Waals surface area contributed by atoms with Crippen molar-refractivity contribution in [1.82, 2.24) is 10.6 Å². The van der Waals surface area contributed by atoms with Crippen molar-refractivity contribution in [3.05, 3.63) is 59.7 Å². The van der Waals surface area contributed by atoms with Gasteiger partial charge in [-0.3, -0.25) is 9.59 Å². The number of carbonyl (C=O) groups is 3. The van der Waals surface area contributed by atoms with Crippen molar-refractivity contribution >= 4 is 18.0 Å². The smallest absolute Gasteiger partial charge is 0.407 e. The standard InChI is InChI=1S/C41H54N2O6/c1-24(12-15-37(46)47)32-13-14-33-38-34(17-19-41(32,33)3)40(2)18-16-26(20-25(40)21-35(38)44)43-36(45)22-42-39(48)49-23-31-29-10-6-4-8-27(29)28-9-5-7-11-30(28)31/h4-11,24-26,31-35,38,44H,12-23H2,1-3H3,(H,42,48)(H,43,45)(H,46,47)/t24?,25-,26-,32+,33?,34?,35+,38?,40-,41+/m0/s1. The van der Waals surface area contributed by atoms with Gasteiger partial charge in [0.1, 0.15) is 13.2 Å². The summed E-state index contributed by atoms with van der Waals surface area (Å²) in [4.78, 5) is 36.9. The molecule has 0 radical (unpaired) electrons. The number of aliphatic carboxylic acids is 1. The number of ether oxygens (including phenoxy) is 1.